The minimum atomic E-state index is -0.991. The Morgan fingerprint density at radius 2 is 2.15 bits per heavy atom. The van der Waals surface area contributed by atoms with Crippen LogP contribution in [0.2, 0.25) is 0 Å². The number of ether oxygens (including phenoxy) is 1. The normalized spacial score (nSPS) is 27.7. The van der Waals surface area contributed by atoms with Crippen molar-refractivity contribution in [2.24, 2.45) is 11.1 Å². The van der Waals surface area contributed by atoms with Crippen molar-refractivity contribution in [2.75, 3.05) is 11.9 Å². The molecule has 2 rings (SSSR count). The molecular formula is C15H22N2O3. The van der Waals surface area contributed by atoms with E-state index in [1.54, 1.807) is 18.2 Å². The monoisotopic (exact) mass is 278 g/mol. The summed E-state index contributed by atoms with van der Waals surface area (Å²) in [7, 11) is 0. The third-order valence-corrected chi connectivity index (χ3v) is 4.39. The number of nitrogens with two attached hydrogens (primary N) is 1. The van der Waals surface area contributed by atoms with Crippen molar-refractivity contribution in [2.45, 2.75) is 38.8 Å². The summed E-state index contributed by atoms with van der Waals surface area (Å²) < 4.78 is 5.60. The summed E-state index contributed by atoms with van der Waals surface area (Å²) in [6.45, 7) is 6.39. The van der Waals surface area contributed by atoms with Crippen LogP contribution in [0.1, 0.15) is 27.2 Å². The fourth-order valence-electron chi connectivity index (χ4n) is 2.63. The van der Waals surface area contributed by atoms with Gasteiger partial charge in [0.2, 0.25) is 5.91 Å². The Bertz CT molecular complexity index is 516. The first-order valence-corrected chi connectivity index (χ1v) is 6.83. The number of aromatic hydroxyl groups is 1. The highest BCUT2D eigenvalue weighted by Gasteiger charge is 2.62. The number of anilines is 1. The molecule has 1 fully saturated rings. The summed E-state index contributed by atoms with van der Waals surface area (Å²) in [5.74, 6) is -0.261. The molecule has 0 spiro atoms. The predicted molar refractivity (Wildman–Crippen MR) is 77.5 cm³/mol. The first-order chi connectivity index (χ1) is 9.33. The maximum absolute atomic E-state index is 12.4. The second-order valence-corrected chi connectivity index (χ2v) is 5.81. The van der Waals surface area contributed by atoms with Crippen LogP contribution in [-0.4, -0.2) is 29.3 Å². The molecule has 1 aromatic carbocycles. The Hall–Kier alpha value is -1.59. The number of amides is 1. The quantitative estimate of drug-likeness (QED) is 0.734. The molecule has 0 aromatic heterocycles. The first kappa shape index (κ1) is 14.8. The fourth-order valence-corrected chi connectivity index (χ4v) is 2.63. The van der Waals surface area contributed by atoms with Gasteiger partial charge >= 0.3 is 0 Å². The van der Waals surface area contributed by atoms with Gasteiger partial charge in [-0.3, -0.25) is 4.79 Å². The van der Waals surface area contributed by atoms with Gasteiger partial charge in [0.05, 0.1) is 11.8 Å². The van der Waals surface area contributed by atoms with E-state index in [-0.39, 0.29) is 17.8 Å². The van der Waals surface area contributed by atoms with E-state index in [4.69, 9.17) is 10.5 Å². The van der Waals surface area contributed by atoms with Crippen molar-refractivity contribution in [3.8, 4) is 5.75 Å². The molecule has 2 unspecified atom stereocenters. The molecule has 110 valence electrons. The second-order valence-electron chi connectivity index (χ2n) is 5.81. The van der Waals surface area contributed by atoms with Crippen molar-refractivity contribution in [1.82, 2.24) is 0 Å². The second kappa shape index (κ2) is 5.07. The molecular weight excluding hydrogens is 256 g/mol. The van der Waals surface area contributed by atoms with E-state index in [0.717, 1.165) is 0 Å². The molecule has 2 atom stereocenters. The van der Waals surface area contributed by atoms with Gasteiger partial charge < -0.3 is 20.9 Å². The number of carbonyl (C=O) groups is 1. The van der Waals surface area contributed by atoms with Crippen LogP contribution in [0, 0.1) is 5.41 Å². The van der Waals surface area contributed by atoms with Gasteiger partial charge in [0, 0.05) is 18.4 Å². The van der Waals surface area contributed by atoms with Crippen LogP contribution in [-0.2, 0) is 9.53 Å². The summed E-state index contributed by atoms with van der Waals surface area (Å²) in [6, 6.07) is 6.60. The summed E-state index contributed by atoms with van der Waals surface area (Å²) in [5, 5.41) is 12.4. The van der Waals surface area contributed by atoms with Crippen LogP contribution in [0.4, 0.5) is 5.69 Å². The van der Waals surface area contributed by atoms with Crippen LogP contribution in [0.3, 0.4) is 0 Å². The topological polar surface area (TPSA) is 84.6 Å². The molecule has 0 bridgehead atoms. The van der Waals surface area contributed by atoms with Gasteiger partial charge in [-0.2, -0.15) is 0 Å². The van der Waals surface area contributed by atoms with Gasteiger partial charge in [0.25, 0.3) is 0 Å². The molecule has 5 heteroatoms. The van der Waals surface area contributed by atoms with Crippen LogP contribution in [0.15, 0.2) is 24.3 Å². The number of phenolic OH excluding ortho intramolecular Hbond substituents is 1. The molecule has 1 aliphatic rings. The average molecular weight is 278 g/mol. The van der Waals surface area contributed by atoms with Crippen molar-refractivity contribution < 1.29 is 14.6 Å². The third kappa shape index (κ3) is 2.17. The first-order valence-electron chi connectivity index (χ1n) is 6.83. The minimum absolute atomic E-state index is 0.0207. The molecule has 1 aromatic rings. The maximum atomic E-state index is 12.4. The standard InChI is InChI=1S/C15H22N2O3/c1-4-20-12-9-15(16,14(12,2)3)13(19)17-10-7-5-6-8-11(10)18/h5-8,12,18H,4,9,16H2,1-3H3,(H,17,19). The Morgan fingerprint density at radius 1 is 1.50 bits per heavy atom. The Labute approximate surface area is 119 Å². The highest BCUT2D eigenvalue weighted by molar-refractivity contribution is 6.00. The van der Waals surface area contributed by atoms with E-state index in [0.29, 0.717) is 18.7 Å². The molecule has 1 aliphatic carbocycles. The molecule has 0 saturated heterocycles. The molecule has 0 heterocycles. The molecule has 0 aliphatic heterocycles. The maximum Gasteiger partial charge on any atom is 0.245 e. The number of para-hydroxylation sites is 2. The van der Waals surface area contributed by atoms with Gasteiger partial charge in [0.1, 0.15) is 11.3 Å². The molecule has 1 amide bonds. The average Bonchev–Trinajstić information content (AvgIpc) is 2.40. The van der Waals surface area contributed by atoms with E-state index < -0.39 is 11.0 Å². The lowest BCUT2D eigenvalue weighted by molar-refractivity contribution is -0.166. The van der Waals surface area contributed by atoms with Crippen LogP contribution in [0.5, 0.6) is 5.75 Å². The number of phenols is 1. The van der Waals surface area contributed by atoms with Gasteiger partial charge in [-0.25, -0.2) is 0 Å². The Kier molecular flexibility index (Phi) is 3.75. The van der Waals surface area contributed by atoms with Gasteiger partial charge in [0.15, 0.2) is 0 Å². The lowest BCUT2D eigenvalue weighted by atomic mass is 9.54. The zero-order valence-corrected chi connectivity index (χ0v) is 12.1. The molecule has 4 N–H and O–H groups in total. The van der Waals surface area contributed by atoms with Crippen molar-refractivity contribution in [3.05, 3.63) is 24.3 Å². The van der Waals surface area contributed by atoms with Crippen molar-refractivity contribution in [3.63, 3.8) is 0 Å². The summed E-state index contributed by atoms with van der Waals surface area (Å²) in [6.07, 6.45) is 0.459. The van der Waals surface area contributed by atoms with Gasteiger partial charge in [-0.1, -0.05) is 26.0 Å². The SMILES string of the molecule is CCOC1CC(N)(C(=O)Nc2ccccc2O)C1(C)C. The number of rotatable bonds is 4. The van der Waals surface area contributed by atoms with Crippen molar-refractivity contribution in [1.29, 1.82) is 0 Å². The summed E-state index contributed by atoms with van der Waals surface area (Å²) in [5.41, 5.74) is 5.20. The smallest absolute Gasteiger partial charge is 0.245 e. The highest BCUT2D eigenvalue weighted by atomic mass is 16.5. The van der Waals surface area contributed by atoms with E-state index in [1.165, 1.54) is 6.07 Å². The van der Waals surface area contributed by atoms with Gasteiger partial charge in [-0.05, 0) is 19.1 Å². The number of carbonyl (C=O) groups excluding carboxylic acids is 1. The predicted octanol–water partition coefficient (Wildman–Crippen LogP) is 1.86. The third-order valence-electron chi connectivity index (χ3n) is 4.39. The van der Waals surface area contributed by atoms with Crippen LogP contribution in [0.25, 0.3) is 0 Å². The minimum Gasteiger partial charge on any atom is -0.506 e. The van der Waals surface area contributed by atoms with E-state index in [9.17, 15) is 9.90 Å². The lowest BCUT2D eigenvalue weighted by Crippen LogP contribution is -2.74. The number of benzene rings is 1. The lowest BCUT2D eigenvalue weighted by Gasteiger charge is -2.57. The fraction of sp³-hybridized carbons (Fsp3) is 0.533. The Balaban J connectivity index is 2.12. The van der Waals surface area contributed by atoms with E-state index in [2.05, 4.69) is 5.32 Å². The van der Waals surface area contributed by atoms with E-state index in [1.807, 2.05) is 20.8 Å². The van der Waals surface area contributed by atoms with Crippen molar-refractivity contribution >= 4 is 11.6 Å². The van der Waals surface area contributed by atoms with Crippen LogP contribution >= 0.6 is 0 Å². The zero-order chi connectivity index (χ0) is 15.0. The number of hydrogen-bond acceptors (Lipinski definition) is 4. The molecule has 0 radical (unpaired) electrons. The largest absolute Gasteiger partial charge is 0.506 e. The zero-order valence-electron chi connectivity index (χ0n) is 12.1. The summed E-state index contributed by atoms with van der Waals surface area (Å²) >= 11 is 0. The molecule has 20 heavy (non-hydrogen) atoms. The van der Waals surface area contributed by atoms with Crippen LogP contribution < -0.4 is 11.1 Å². The molecule has 1 saturated carbocycles. The number of hydrogen-bond donors (Lipinski definition) is 3. The van der Waals surface area contributed by atoms with Gasteiger partial charge in [-0.15, -0.1) is 0 Å². The molecule has 5 nitrogen and oxygen atoms in total. The summed E-state index contributed by atoms with van der Waals surface area (Å²) in [4.78, 5) is 12.4. The highest BCUT2D eigenvalue weighted by Crippen LogP contribution is 2.50. The Morgan fingerprint density at radius 3 is 2.70 bits per heavy atom. The van der Waals surface area contributed by atoms with E-state index >= 15 is 0 Å². The number of nitrogens with one attached hydrogen (secondary N) is 1.